The van der Waals surface area contributed by atoms with E-state index in [0.29, 0.717) is 46.7 Å². The second-order valence-corrected chi connectivity index (χ2v) is 10.8. The third-order valence-electron chi connectivity index (χ3n) is 7.78. The number of nitrogens with zero attached hydrogens (tertiary/aromatic N) is 2. The van der Waals surface area contributed by atoms with Gasteiger partial charge in [0.05, 0.1) is 6.54 Å². The first-order valence-corrected chi connectivity index (χ1v) is 13.7. The Morgan fingerprint density at radius 2 is 1.69 bits per heavy atom. The van der Waals surface area contributed by atoms with Crippen LogP contribution in [0.3, 0.4) is 0 Å². The van der Waals surface area contributed by atoms with Gasteiger partial charge in [-0.3, -0.25) is 9.69 Å². The lowest BCUT2D eigenvalue weighted by Gasteiger charge is -2.33. The van der Waals surface area contributed by atoms with Gasteiger partial charge in [-0.25, -0.2) is 9.78 Å². The van der Waals surface area contributed by atoms with Gasteiger partial charge >= 0.3 is 18.4 Å². The zero-order valence-corrected chi connectivity index (χ0v) is 24.1. The van der Waals surface area contributed by atoms with Crippen molar-refractivity contribution >= 4 is 11.9 Å². The Labute approximate surface area is 252 Å². The van der Waals surface area contributed by atoms with E-state index in [0.717, 1.165) is 11.0 Å². The average molecular weight is 640 g/mol. The smallest absolute Gasteiger partial charge is 0.430 e. The lowest BCUT2D eigenvalue weighted by Crippen LogP contribution is -2.53. The maximum Gasteiger partial charge on any atom is 0.430 e. The minimum absolute atomic E-state index is 0.0224. The maximum absolute atomic E-state index is 13.5. The number of benzene rings is 2. The second kappa shape index (κ2) is 11.1. The van der Waals surface area contributed by atoms with Gasteiger partial charge in [0, 0.05) is 17.8 Å². The number of urea groups is 1. The van der Waals surface area contributed by atoms with E-state index < -0.39 is 41.0 Å². The number of alkyl halides is 6. The fourth-order valence-corrected chi connectivity index (χ4v) is 5.15. The maximum atomic E-state index is 13.5. The van der Waals surface area contributed by atoms with E-state index in [1.807, 2.05) is 0 Å². The highest BCUT2D eigenvalue weighted by atomic mass is 19.4. The number of nitrogens with one attached hydrogen (secondary N) is 1. The first-order valence-electron chi connectivity index (χ1n) is 13.7. The molecule has 1 unspecified atom stereocenters. The molecule has 1 fully saturated rings. The van der Waals surface area contributed by atoms with Crippen molar-refractivity contribution < 1.29 is 55.2 Å². The number of ether oxygens (including phenoxy) is 3. The average Bonchev–Trinajstić information content (AvgIpc) is 3.52. The lowest BCUT2D eigenvalue weighted by atomic mass is 9.90. The monoisotopic (exact) mass is 639 g/mol. The zero-order chi connectivity index (χ0) is 32.9. The number of imide groups is 1. The Hall–Kier alpha value is -4.53. The van der Waals surface area contributed by atoms with Gasteiger partial charge in [0.1, 0.15) is 11.3 Å². The topological polar surface area (TPSA) is 110 Å². The van der Waals surface area contributed by atoms with Crippen LogP contribution in [0, 0.1) is 6.92 Å². The third kappa shape index (κ3) is 5.49. The zero-order valence-electron chi connectivity index (χ0n) is 24.1. The number of hydrogen-bond donors (Lipinski definition) is 2. The van der Waals surface area contributed by atoms with Gasteiger partial charge in [0.15, 0.2) is 11.5 Å². The summed E-state index contributed by atoms with van der Waals surface area (Å²) in [5.74, 6) is 0.211. The van der Waals surface area contributed by atoms with E-state index in [1.54, 1.807) is 39.0 Å². The van der Waals surface area contributed by atoms with Crippen LogP contribution in [-0.4, -0.2) is 46.1 Å². The molecule has 9 nitrogen and oxygen atoms in total. The van der Waals surface area contributed by atoms with E-state index in [1.165, 1.54) is 12.3 Å². The van der Waals surface area contributed by atoms with Crippen molar-refractivity contribution in [3.63, 3.8) is 0 Å². The Bertz CT molecular complexity index is 1650. The van der Waals surface area contributed by atoms with Crippen molar-refractivity contribution in [2.45, 2.75) is 63.7 Å². The quantitative estimate of drug-likeness (QED) is 0.225. The molecule has 2 aliphatic rings. The first kappa shape index (κ1) is 31.9. The van der Waals surface area contributed by atoms with Crippen molar-refractivity contribution in [3.8, 4) is 23.1 Å². The number of aliphatic hydroxyl groups is 1. The summed E-state index contributed by atoms with van der Waals surface area (Å²) < 4.78 is 97.3. The highest BCUT2D eigenvalue weighted by Crippen LogP contribution is 2.50. The Kier molecular flexibility index (Phi) is 7.88. The molecule has 0 saturated carbocycles. The molecule has 0 spiro atoms. The van der Waals surface area contributed by atoms with Crippen molar-refractivity contribution in [1.82, 2.24) is 15.2 Å². The number of rotatable bonds is 8. The molecule has 3 amide bonds. The van der Waals surface area contributed by atoms with Gasteiger partial charge in [-0.2, -0.15) is 26.3 Å². The Balaban J connectivity index is 1.41. The number of aryl methyl sites for hydroxylation is 2. The minimum atomic E-state index is -6.04. The number of amides is 3. The SMILES string of the molecule is CCCc1cc(C(O)(C(F)(F)F)C(F)(F)F)ccc1Oc1cc(CN2C(=O)NC(C)(c3ccc4c(c3)OCO4)C2=O)c(C)cn1. The van der Waals surface area contributed by atoms with Crippen LogP contribution in [0.4, 0.5) is 31.1 Å². The standard InChI is InChI=1S/C30H27F6N3O6/c1-4-5-17-10-20(28(42,29(31,32)33)30(34,35)36)7-8-21(17)45-24-11-18(16(2)13-37-24)14-39-25(40)27(3,38-26(39)41)19-6-9-22-23(12-19)44-15-43-22/h6-13,42H,4-5,14-15H2,1-3H3,(H,38,41). The van der Waals surface area contributed by atoms with Crippen molar-refractivity contribution in [2.24, 2.45) is 0 Å². The Morgan fingerprint density at radius 3 is 2.36 bits per heavy atom. The molecule has 0 bridgehead atoms. The summed E-state index contributed by atoms with van der Waals surface area (Å²) in [6.45, 7) is 4.72. The van der Waals surface area contributed by atoms with E-state index >= 15 is 0 Å². The van der Waals surface area contributed by atoms with Crippen LogP contribution < -0.4 is 19.5 Å². The van der Waals surface area contributed by atoms with Crippen LogP contribution >= 0.6 is 0 Å². The normalized spacial score (nSPS) is 18.4. The molecule has 1 aromatic heterocycles. The molecule has 2 aliphatic heterocycles. The van der Waals surface area contributed by atoms with E-state index in [9.17, 15) is 41.0 Å². The van der Waals surface area contributed by atoms with Crippen LogP contribution in [0.5, 0.6) is 23.1 Å². The predicted molar refractivity (Wildman–Crippen MR) is 144 cm³/mol. The fraction of sp³-hybridized carbons (Fsp3) is 0.367. The minimum Gasteiger partial charge on any atom is -0.454 e. The van der Waals surface area contributed by atoms with Crippen molar-refractivity contribution in [1.29, 1.82) is 0 Å². The van der Waals surface area contributed by atoms with Gasteiger partial charge in [0.2, 0.25) is 12.7 Å². The molecule has 45 heavy (non-hydrogen) atoms. The van der Waals surface area contributed by atoms with E-state index in [4.69, 9.17) is 14.2 Å². The van der Waals surface area contributed by atoms with Gasteiger partial charge in [-0.05, 0) is 66.8 Å². The highest BCUT2D eigenvalue weighted by Gasteiger charge is 2.71. The summed E-state index contributed by atoms with van der Waals surface area (Å²) in [6, 6.07) is 7.64. The number of carbonyl (C=O) groups is 2. The first-order chi connectivity index (χ1) is 21.0. The molecule has 3 heterocycles. The molecule has 2 aromatic carbocycles. The summed E-state index contributed by atoms with van der Waals surface area (Å²) >= 11 is 0. The Morgan fingerprint density at radius 1 is 1.00 bits per heavy atom. The number of hydrogen-bond acceptors (Lipinski definition) is 7. The second-order valence-electron chi connectivity index (χ2n) is 10.8. The van der Waals surface area contributed by atoms with Crippen molar-refractivity contribution in [2.75, 3.05) is 6.79 Å². The number of halogens is 6. The number of pyridine rings is 1. The van der Waals surface area contributed by atoms with E-state index in [2.05, 4.69) is 10.3 Å². The van der Waals surface area contributed by atoms with Crippen LogP contribution in [0.1, 0.15) is 48.1 Å². The van der Waals surface area contributed by atoms with Gasteiger partial charge in [-0.1, -0.05) is 25.5 Å². The van der Waals surface area contributed by atoms with Crippen molar-refractivity contribution in [3.05, 3.63) is 76.5 Å². The van der Waals surface area contributed by atoms with E-state index in [-0.39, 0.29) is 37.0 Å². The van der Waals surface area contributed by atoms with Crippen LogP contribution in [-0.2, 0) is 28.9 Å². The molecule has 0 aliphatic carbocycles. The van der Waals surface area contributed by atoms with Gasteiger partial charge in [0.25, 0.3) is 11.5 Å². The fourth-order valence-electron chi connectivity index (χ4n) is 5.15. The molecule has 0 radical (unpaired) electrons. The number of fused-ring (bicyclic) bond motifs is 1. The third-order valence-corrected chi connectivity index (χ3v) is 7.78. The summed E-state index contributed by atoms with van der Waals surface area (Å²) in [5.41, 5.74) is -6.45. The molecular weight excluding hydrogens is 612 g/mol. The predicted octanol–water partition coefficient (Wildman–Crippen LogP) is 6.14. The summed E-state index contributed by atoms with van der Waals surface area (Å²) in [7, 11) is 0. The molecule has 15 heteroatoms. The molecule has 1 atom stereocenters. The molecule has 5 rings (SSSR count). The van der Waals surface area contributed by atoms with Gasteiger partial charge in [-0.15, -0.1) is 0 Å². The summed E-state index contributed by atoms with van der Waals surface area (Å²) in [5, 5.41) is 12.6. The molecule has 1 saturated heterocycles. The molecule has 3 aromatic rings. The summed E-state index contributed by atoms with van der Waals surface area (Å²) in [6.07, 6.45) is -10.3. The van der Waals surface area contributed by atoms with Gasteiger partial charge < -0.3 is 24.6 Å². The van der Waals surface area contributed by atoms with Crippen LogP contribution in [0.15, 0.2) is 48.7 Å². The molecule has 240 valence electrons. The number of aromatic nitrogens is 1. The summed E-state index contributed by atoms with van der Waals surface area (Å²) in [4.78, 5) is 31.7. The molecule has 2 N–H and O–H groups in total. The highest BCUT2D eigenvalue weighted by molar-refractivity contribution is 6.07. The molecular formula is C30H27F6N3O6. The van der Waals surface area contributed by atoms with Crippen LogP contribution in [0.2, 0.25) is 0 Å². The van der Waals surface area contributed by atoms with Crippen LogP contribution in [0.25, 0.3) is 0 Å². The number of carbonyl (C=O) groups excluding carboxylic acids is 2. The lowest BCUT2D eigenvalue weighted by molar-refractivity contribution is -0.376. The largest absolute Gasteiger partial charge is 0.454 e.